The Balaban J connectivity index is 2.62. The van der Waals surface area contributed by atoms with Gasteiger partial charge in [0.25, 0.3) is 5.91 Å². The van der Waals surface area contributed by atoms with Crippen LogP contribution in [0.4, 0.5) is 0 Å². The number of benzene rings is 1. The third-order valence-corrected chi connectivity index (χ3v) is 3.58. The molecule has 1 aliphatic heterocycles. The number of likely N-dealkylation sites (N-methyl/N-ethyl adjacent to an activating group) is 1. The molecular formula is C14H17NO3. The minimum absolute atomic E-state index is 0.0911. The first-order chi connectivity index (χ1) is 8.45. The zero-order valence-electron chi connectivity index (χ0n) is 10.8. The Kier molecular flexibility index (Phi) is 3.11. The Morgan fingerprint density at radius 3 is 2.50 bits per heavy atom. The van der Waals surface area contributed by atoms with E-state index >= 15 is 0 Å². The topological polar surface area (TPSA) is 57.6 Å². The van der Waals surface area contributed by atoms with Gasteiger partial charge in [0.05, 0.1) is 6.04 Å². The largest absolute Gasteiger partial charge is 0.481 e. The second kappa shape index (κ2) is 4.44. The van der Waals surface area contributed by atoms with Gasteiger partial charge < -0.3 is 10.0 Å². The summed E-state index contributed by atoms with van der Waals surface area (Å²) in [6, 6.07) is 6.68. The van der Waals surface area contributed by atoms with E-state index in [1.807, 2.05) is 13.8 Å². The molecule has 1 amide bonds. The molecule has 2 unspecified atom stereocenters. The van der Waals surface area contributed by atoms with Crippen LogP contribution in [0.25, 0.3) is 0 Å². The third-order valence-electron chi connectivity index (χ3n) is 3.58. The molecule has 0 aliphatic carbocycles. The number of carbonyl (C=O) groups is 2. The van der Waals surface area contributed by atoms with Crippen LogP contribution in [-0.2, 0) is 4.79 Å². The highest BCUT2D eigenvalue weighted by Gasteiger charge is 2.42. The molecule has 1 heterocycles. The highest BCUT2D eigenvalue weighted by Crippen LogP contribution is 2.36. The van der Waals surface area contributed by atoms with Crippen LogP contribution in [0.5, 0.6) is 0 Å². The molecule has 0 aromatic heterocycles. The van der Waals surface area contributed by atoms with Crippen molar-refractivity contribution in [3.8, 4) is 0 Å². The third kappa shape index (κ3) is 1.78. The molecule has 4 heteroatoms. The van der Waals surface area contributed by atoms with Crippen molar-refractivity contribution >= 4 is 11.9 Å². The second-order valence-corrected chi connectivity index (χ2v) is 5.05. The van der Waals surface area contributed by atoms with Gasteiger partial charge >= 0.3 is 5.97 Å². The van der Waals surface area contributed by atoms with Gasteiger partial charge in [-0.05, 0) is 17.5 Å². The monoisotopic (exact) mass is 247 g/mol. The van der Waals surface area contributed by atoms with Crippen LogP contribution in [0.15, 0.2) is 24.3 Å². The van der Waals surface area contributed by atoms with E-state index in [9.17, 15) is 14.7 Å². The molecule has 1 aliphatic rings. The lowest BCUT2D eigenvalue weighted by Gasteiger charge is -2.40. The average Bonchev–Trinajstić information content (AvgIpc) is 2.32. The average molecular weight is 247 g/mol. The van der Waals surface area contributed by atoms with Crippen molar-refractivity contribution in [3.05, 3.63) is 35.4 Å². The Bertz CT molecular complexity index is 496. The van der Waals surface area contributed by atoms with Crippen molar-refractivity contribution in [1.82, 2.24) is 4.90 Å². The maximum absolute atomic E-state index is 12.2. The van der Waals surface area contributed by atoms with Crippen LogP contribution in [0.3, 0.4) is 0 Å². The Morgan fingerprint density at radius 2 is 1.94 bits per heavy atom. The van der Waals surface area contributed by atoms with E-state index in [-0.39, 0.29) is 17.9 Å². The van der Waals surface area contributed by atoms with Crippen molar-refractivity contribution in [2.75, 3.05) is 7.05 Å². The second-order valence-electron chi connectivity index (χ2n) is 5.05. The molecule has 4 nitrogen and oxygen atoms in total. The fraction of sp³-hybridized carbons (Fsp3) is 0.429. The zero-order chi connectivity index (χ0) is 13.4. The molecule has 0 fully saturated rings. The lowest BCUT2D eigenvalue weighted by molar-refractivity contribution is -0.141. The number of hydrogen-bond acceptors (Lipinski definition) is 2. The van der Waals surface area contributed by atoms with Crippen molar-refractivity contribution < 1.29 is 14.7 Å². The molecule has 0 spiro atoms. The van der Waals surface area contributed by atoms with Crippen LogP contribution >= 0.6 is 0 Å². The van der Waals surface area contributed by atoms with Gasteiger partial charge in [-0.1, -0.05) is 32.0 Å². The maximum Gasteiger partial charge on any atom is 0.313 e. The summed E-state index contributed by atoms with van der Waals surface area (Å²) in [6.07, 6.45) is 0. The fourth-order valence-corrected chi connectivity index (χ4v) is 2.81. The smallest absolute Gasteiger partial charge is 0.313 e. The molecule has 0 radical (unpaired) electrons. The van der Waals surface area contributed by atoms with Crippen molar-refractivity contribution in [2.24, 2.45) is 5.92 Å². The summed E-state index contributed by atoms with van der Waals surface area (Å²) in [6.45, 7) is 3.89. The van der Waals surface area contributed by atoms with Crippen LogP contribution < -0.4 is 0 Å². The minimum atomic E-state index is -0.875. The molecule has 18 heavy (non-hydrogen) atoms. The molecule has 0 saturated carbocycles. The maximum atomic E-state index is 12.2. The summed E-state index contributed by atoms with van der Waals surface area (Å²) in [5, 5.41) is 9.47. The summed E-state index contributed by atoms with van der Waals surface area (Å²) >= 11 is 0. The van der Waals surface area contributed by atoms with Crippen LogP contribution in [0, 0.1) is 5.92 Å². The van der Waals surface area contributed by atoms with E-state index in [0.29, 0.717) is 11.1 Å². The van der Waals surface area contributed by atoms with Gasteiger partial charge in [-0.3, -0.25) is 9.59 Å². The Morgan fingerprint density at radius 1 is 1.33 bits per heavy atom. The number of carbonyl (C=O) groups excluding carboxylic acids is 1. The quantitative estimate of drug-likeness (QED) is 0.869. The summed E-state index contributed by atoms with van der Waals surface area (Å²) in [5.74, 6) is -1.53. The van der Waals surface area contributed by atoms with E-state index in [4.69, 9.17) is 0 Å². The standard InChI is InChI=1S/C14H17NO3/c1-8(2)12-11(14(17)18)9-6-4-5-7-10(9)13(16)15(12)3/h4-8,11-12H,1-3H3,(H,17,18). The van der Waals surface area contributed by atoms with Gasteiger partial charge in [-0.25, -0.2) is 0 Å². The van der Waals surface area contributed by atoms with Crippen LogP contribution in [0.1, 0.15) is 35.7 Å². The predicted molar refractivity (Wildman–Crippen MR) is 67.5 cm³/mol. The minimum Gasteiger partial charge on any atom is -0.481 e. The first-order valence-electron chi connectivity index (χ1n) is 6.04. The normalized spacial score (nSPS) is 23.1. The molecule has 1 aromatic rings. The number of hydrogen-bond donors (Lipinski definition) is 1. The number of aliphatic carboxylic acids is 1. The summed E-state index contributed by atoms with van der Waals surface area (Å²) in [5.41, 5.74) is 1.14. The fourth-order valence-electron chi connectivity index (χ4n) is 2.81. The molecule has 2 atom stereocenters. The number of carboxylic acid groups (broad SMARTS) is 1. The predicted octanol–water partition coefficient (Wildman–Crippen LogP) is 1.96. The lowest BCUT2D eigenvalue weighted by atomic mass is 9.78. The summed E-state index contributed by atoms with van der Waals surface area (Å²) in [7, 11) is 1.68. The molecule has 2 rings (SSSR count). The van der Waals surface area contributed by atoms with E-state index in [0.717, 1.165) is 0 Å². The van der Waals surface area contributed by atoms with E-state index in [1.54, 1.807) is 36.2 Å². The molecule has 1 N–H and O–H groups in total. The van der Waals surface area contributed by atoms with Crippen LogP contribution in [0.2, 0.25) is 0 Å². The summed E-state index contributed by atoms with van der Waals surface area (Å²) < 4.78 is 0. The highest BCUT2D eigenvalue weighted by atomic mass is 16.4. The van der Waals surface area contributed by atoms with Crippen molar-refractivity contribution in [2.45, 2.75) is 25.8 Å². The number of rotatable bonds is 2. The van der Waals surface area contributed by atoms with Gasteiger partial charge in [-0.2, -0.15) is 0 Å². The van der Waals surface area contributed by atoms with Gasteiger partial charge in [0, 0.05) is 12.6 Å². The van der Waals surface area contributed by atoms with Gasteiger partial charge in [-0.15, -0.1) is 0 Å². The number of fused-ring (bicyclic) bond motifs is 1. The number of carboxylic acids is 1. The molecule has 96 valence electrons. The van der Waals surface area contributed by atoms with Crippen LogP contribution in [-0.4, -0.2) is 35.0 Å². The zero-order valence-corrected chi connectivity index (χ0v) is 10.8. The van der Waals surface area contributed by atoms with Gasteiger partial charge in [0.15, 0.2) is 0 Å². The van der Waals surface area contributed by atoms with Gasteiger partial charge in [0.1, 0.15) is 5.92 Å². The van der Waals surface area contributed by atoms with E-state index in [1.165, 1.54) is 0 Å². The number of amides is 1. The Labute approximate surface area is 106 Å². The van der Waals surface area contributed by atoms with E-state index in [2.05, 4.69) is 0 Å². The van der Waals surface area contributed by atoms with E-state index < -0.39 is 11.9 Å². The first-order valence-corrected chi connectivity index (χ1v) is 6.04. The SMILES string of the molecule is CC(C)C1C(C(=O)O)c2ccccc2C(=O)N1C. The highest BCUT2D eigenvalue weighted by molar-refractivity contribution is 6.00. The van der Waals surface area contributed by atoms with Gasteiger partial charge in [0.2, 0.25) is 0 Å². The van der Waals surface area contributed by atoms with Crippen molar-refractivity contribution in [3.63, 3.8) is 0 Å². The van der Waals surface area contributed by atoms with Crippen molar-refractivity contribution in [1.29, 1.82) is 0 Å². The Hall–Kier alpha value is -1.84. The molecule has 0 saturated heterocycles. The number of nitrogens with zero attached hydrogens (tertiary/aromatic N) is 1. The molecular weight excluding hydrogens is 230 g/mol. The summed E-state index contributed by atoms with van der Waals surface area (Å²) in [4.78, 5) is 25.3. The molecule has 0 bridgehead atoms. The molecule has 1 aromatic carbocycles. The lowest BCUT2D eigenvalue weighted by Crippen LogP contribution is -2.50. The first kappa shape index (κ1) is 12.6.